The normalized spacial score (nSPS) is 24.9. The standard InChI is InChI=1S/C27H30N6O/c1-18-13-32(25-7-4-19(12-28)27-24(25)3-2-8-30-27)16-26-23-6-5-22(11-20(23)14-33(18)26)31-9-10-34-17-21(29)15-31/h2-5,7-8,11,18,21H,6,9-10,13-17,29H2,1H3/t18-,21+/m1/s1. The lowest BCUT2D eigenvalue weighted by Crippen LogP contribution is -2.49. The number of ether oxygens (including phenoxy) is 1. The van der Waals surface area contributed by atoms with E-state index in [1.807, 2.05) is 12.1 Å². The monoisotopic (exact) mass is 454 g/mol. The van der Waals surface area contributed by atoms with Gasteiger partial charge in [-0.2, -0.15) is 5.26 Å². The number of fused-ring (bicyclic) bond motifs is 3. The molecule has 0 radical (unpaired) electrons. The highest BCUT2D eigenvalue weighted by atomic mass is 16.5. The van der Waals surface area contributed by atoms with Crippen molar-refractivity contribution in [3.8, 4) is 6.07 Å². The highest BCUT2D eigenvalue weighted by Gasteiger charge is 2.37. The fourth-order valence-electron chi connectivity index (χ4n) is 5.83. The Morgan fingerprint density at radius 2 is 2.09 bits per heavy atom. The van der Waals surface area contributed by atoms with Crippen molar-refractivity contribution in [1.82, 2.24) is 14.8 Å². The molecule has 2 aromatic rings. The SMILES string of the molecule is C[C@@H]1CN(c2ccc(C#N)c3ncccc23)CC2=C3CC=C(N4CCOC[C@@H](N)C4)C=C3CN21. The molecule has 6 rings (SSSR count). The van der Waals surface area contributed by atoms with E-state index < -0.39 is 0 Å². The number of rotatable bonds is 2. The molecule has 0 amide bonds. The van der Waals surface area contributed by atoms with Gasteiger partial charge in [0.25, 0.3) is 0 Å². The van der Waals surface area contributed by atoms with Gasteiger partial charge in [-0.15, -0.1) is 0 Å². The molecule has 0 unspecified atom stereocenters. The average Bonchev–Trinajstić information content (AvgIpc) is 3.09. The molecule has 4 heterocycles. The topological polar surface area (TPSA) is 81.6 Å². The van der Waals surface area contributed by atoms with Crippen LogP contribution in [0.3, 0.4) is 0 Å². The molecule has 2 atom stereocenters. The van der Waals surface area contributed by atoms with Gasteiger partial charge in [-0.05, 0) is 54.8 Å². The van der Waals surface area contributed by atoms with E-state index >= 15 is 0 Å². The zero-order valence-corrected chi connectivity index (χ0v) is 19.6. The van der Waals surface area contributed by atoms with Crippen LogP contribution in [0.1, 0.15) is 18.9 Å². The number of piperazine rings is 1. The van der Waals surface area contributed by atoms with Crippen LogP contribution >= 0.6 is 0 Å². The second-order valence-electron chi connectivity index (χ2n) is 9.71. The van der Waals surface area contributed by atoms with Crippen molar-refractivity contribution in [1.29, 1.82) is 5.26 Å². The first-order valence-electron chi connectivity index (χ1n) is 12.1. The Morgan fingerprint density at radius 3 is 2.97 bits per heavy atom. The molecule has 0 spiro atoms. The minimum atomic E-state index is 0.0572. The molecular weight excluding hydrogens is 424 g/mol. The van der Waals surface area contributed by atoms with Gasteiger partial charge in [0.15, 0.2) is 0 Å². The third kappa shape index (κ3) is 3.54. The second-order valence-corrected chi connectivity index (χ2v) is 9.71. The van der Waals surface area contributed by atoms with Crippen LogP contribution in [0.15, 0.2) is 65.2 Å². The summed E-state index contributed by atoms with van der Waals surface area (Å²) in [6.07, 6.45) is 7.45. The smallest absolute Gasteiger partial charge is 0.101 e. The maximum atomic E-state index is 9.53. The molecule has 2 fully saturated rings. The van der Waals surface area contributed by atoms with Gasteiger partial charge in [-0.1, -0.05) is 6.08 Å². The molecule has 7 heteroatoms. The summed E-state index contributed by atoms with van der Waals surface area (Å²) in [4.78, 5) is 11.9. The van der Waals surface area contributed by atoms with E-state index in [0.29, 0.717) is 18.2 Å². The van der Waals surface area contributed by atoms with E-state index in [1.165, 1.54) is 22.5 Å². The summed E-state index contributed by atoms with van der Waals surface area (Å²) in [5.74, 6) is 0. The van der Waals surface area contributed by atoms with E-state index in [1.54, 1.807) is 6.20 Å². The number of nitrogens with two attached hydrogens (primary N) is 1. The highest BCUT2D eigenvalue weighted by molar-refractivity contribution is 5.95. The Hall–Kier alpha value is -3.34. The predicted octanol–water partition coefficient (Wildman–Crippen LogP) is 2.76. The summed E-state index contributed by atoms with van der Waals surface area (Å²) in [6, 6.07) is 10.8. The largest absolute Gasteiger partial charge is 0.378 e. The van der Waals surface area contributed by atoms with Crippen LogP contribution in [0.4, 0.5) is 5.69 Å². The number of hydrogen-bond acceptors (Lipinski definition) is 7. The molecule has 1 aromatic heterocycles. The minimum Gasteiger partial charge on any atom is -0.378 e. The average molecular weight is 455 g/mol. The van der Waals surface area contributed by atoms with E-state index in [9.17, 15) is 5.26 Å². The van der Waals surface area contributed by atoms with Crippen LogP contribution in [0.2, 0.25) is 0 Å². The van der Waals surface area contributed by atoms with Gasteiger partial charge >= 0.3 is 0 Å². The first-order chi connectivity index (χ1) is 16.6. The van der Waals surface area contributed by atoms with Crippen molar-refractivity contribution in [3.63, 3.8) is 0 Å². The molecular formula is C27H30N6O. The first kappa shape index (κ1) is 21.2. The van der Waals surface area contributed by atoms with Crippen LogP contribution in [-0.2, 0) is 4.74 Å². The third-order valence-corrected chi connectivity index (χ3v) is 7.48. The van der Waals surface area contributed by atoms with Gasteiger partial charge in [0.1, 0.15) is 6.07 Å². The lowest BCUT2D eigenvalue weighted by Gasteiger charge is -2.42. The predicted molar refractivity (Wildman–Crippen MR) is 133 cm³/mol. The van der Waals surface area contributed by atoms with Gasteiger partial charge < -0.3 is 25.2 Å². The van der Waals surface area contributed by atoms with Crippen LogP contribution in [0.5, 0.6) is 0 Å². The molecule has 3 aliphatic heterocycles. The highest BCUT2D eigenvalue weighted by Crippen LogP contribution is 2.40. The molecule has 1 aliphatic carbocycles. The maximum absolute atomic E-state index is 9.53. The second kappa shape index (κ2) is 8.46. The van der Waals surface area contributed by atoms with Crippen LogP contribution in [0, 0.1) is 11.3 Å². The molecule has 1 aromatic carbocycles. The summed E-state index contributed by atoms with van der Waals surface area (Å²) in [7, 11) is 0. The van der Waals surface area contributed by atoms with Gasteiger partial charge in [-0.3, -0.25) is 4.98 Å². The Labute approximate surface area is 200 Å². The molecule has 174 valence electrons. The van der Waals surface area contributed by atoms with Crippen molar-refractivity contribution >= 4 is 16.6 Å². The number of benzene rings is 1. The van der Waals surface area contributed by atoms with E-state index in [0.717, 1.165) is 62.3 Å². The Morgan fingerprint density at radius 1 is 1.18 bits per heavy atom. The van der Waals surface area contributed by atoms with Crippen molar-refractivity contribution in [2.45, 2.75) is 25.4 Å². The summed E-state index contributed by atoms with van der Waals surface area (Å²) >= 11 is 0. The summed E-state index contributed by atoms with van der Waals surface area (Å²) in [5.41, 5.74) is 14.4. The Bertz CT molecular complexity index is 1270. The zero-order valence-electron chi connectivity index (χ0n) is 19.6. The lowest BCUT2D eigenvalue weighted by molar-refractivity contribution is 0.138. The van der Waals surface area contributed by atoms with Gasteiger partial charge in [0.05, 0.1) is 30.8 Å². The van der Waals surface area contributed by atoms with Crippen LogP contribution < -0.4 is 10.6 Å². The van der Waals surface area contributed by atoms with E-state index in [-0.39, 0.29) is 6.04 Å². The zero-order chi connectivity index (χ0) is 23.2. The van der Waals surface area contributed by atoms with Gasteiger partial charge in [0.2, 0.25) is 0 Å². The summed E-state index contributed by atoms with van der Waals surface area (Å²) < 4.78 is 5.64. The minimum absolute atomic E-state index is 0.0572. The van der Waals surface area contributed by atoms with Gasteiger partial charge in [-0.25, -0.2) is 0 Å². The lowest BCUT2D eigenvalue weighted by atomic mass is 9.96. The number of pyridine rings is 1. The quantitative estimate of drug-likeness (QED) is 0.747. The molecule has 7 nitrogen and oxygen atoms in total. The van der Waals surface area contributed by atoms with Crippen LogP contribution in [0.25, 0.3) is 10.9 Å². The Balaban J connectivity index is 1.31. The van der Waals surface area contributed by atoms with Crippen molar-refractivity contribution in [3.05, 3.63) is 70.7 Å². The molecule has 2 saturated heterocycles. The number of anilines is 1. The van der Waals surface area contributed by atoms with Gasteiger partial charge in [0, 0.05) is 66.9 Å². The van der Waals surface area contributed by atoms with E-state index in [4.69, 9.17) is 10.5 Å². The maximum Gasteiger partial charge on any atom is 0.101 e. The molecule has 4 aliphatic rings. The number of aromatic nitrogens is 1. The third-order valence-electron chi connectivity index (χ3n) is 7.48. The number of hydrogen-bond donors (Lipinski definition) is 1. The number of nitriles is 1. The first-order valence-corrected chi connectivity index (χ1v) is 12.1. The fraction of sp³-hybridized carbons (Fsp3) is 0.407. The number of nitrogens with zero attached hydrogens (tertiary/aromatic N) is 5. The van der Waals surface area contributed by atoms with Crippen LogP contribution in [-0.4, -0.2) is 72.8 Å². The van der Waals surface area contributed by atoms with Crippen molar-refractivity contribution < 1.29 is 4.74 Å². The molecule has 0 saturated carbocycles. The van der Waals surface area contributed by atoms with Crippen molar-refractivity contribution in [2.24, 2.45) is 5.73 Å². The molecule has 34 heavy (non-hydrogen) atoms. The van der Waals surface area contributed by atoms with Crippen molar-refractivity contribution in [2.75, 3.05) is 50.8 Å². The number of allylic oxidation sites excluding steroid dienone is 2. The summed E-state index contributed by atoms with van der Waals surface area (Å²) in [5, 5.41) is 10.6. The molecule has 2 N–H and O–H groups in total. The van der Waals surface area contributed by atoms with E-state index in [2.05, 4.69) is 57.0 Å². The fourth-order valence-corrected chi connectivity index (χ4v) is 5.83. The Kier molecular flexibility index (Phi) is 5.28. The molecule has 0 bridgehead atoms. The summed E-state index contributed by atoms with van der Waals surface area (Å²) in [6.45, 7) is 8.20.